The van der Waals surface area contributed by atoms with Crippen LogP contribution in [0.25, 0.3) is 0 Å². The molecule has 2 N–H and O–H groups in total. The molecule has 0 amide bonds. The molecule has 1 atom stereocenters. The first-order valence-corrected chi connectivity index (χ1v) is 8.28. The summed E-state index contributed by atoms with van der Waals surface area (Å²) in [5.74, 6) is -2.02. The van der Waals surface area contributed by atoms with Crippen molar-refractivity contribution in [1.82, 2.24) is 5.32 Å². The minimum Gasteiger partial charge on any atom is -0.611 e. The number of aliphatic carboxylic acids is 1. The number of halogens is 7. The average molecular weight is 412 g/mol. The summed E-state index contributed by atoms with van der Waals surface area (Å²) < 4.78 is 81.0. The van der Waals surface area contributed by atoms with Gasteiger partial charge in [-0.15, -0.1) is 0 Å². The lowest BCUT2D eigenvalue weighted by Crippen LogP contribution is -2.45. The number of alkyl halides is 6. The lowest BCUT2D eigenvalue weighted by molar-refractivity contribution is -0.192. The van der Waals surface area contributed by atoms with Crippen LogP contribution in [0.3, 0.4) is 0 Å². The fourth-order valence-electron chi connectivity index (χ4n) is 1.63. The maximum absolute atomic E-state index is 12.4. The highest BCUT2D eigenvalue weighted by atomic mass is 35.5. The van der Waals surface area contributed by atoms with Crippen LogP contribution in [-0.4, -0.2) is 40.6 Å². The van der Waals surface area contributed by atoms with E-state index in [9.17, 15) is 30.9 Å². The molecule has 25 heavy (non-hydrogen) atoms. The van der Waals surface area contributed by atoms with Gasteiger partial charge in [0.2, 0.25) is 0 Å². The van der Waals surface area contributed by atoms with Crippen molar-refractivity contribution >= 4 is 28.7 Å². The summed E-state index contributed by atoms with van der Waals surface area (Å²) in [5, 5.41) is 10.1. The Labute approximate surface area is 146 Å². The topological polar surface area (TPSA) is 72.4 Å². The van der Waals surface area contributed by atoms with E-state index in [1.807, 2.05) is 0 Å². The first kappa shape index (κ1) is 21.9. The summed E-state index contributed by atoms with van der Waals surface area (Å²) in [6, 6.07) is 2.94. The Morgan fingerprint density at radius 1 is 1.28 bits per heavy atom. The van der Waals surface area contributed by atoms with Gasteiger partial charge < -0.3 is 15.0 Å². The van der Waals surface area contributed by atoms with Gasteiger partial charge in [0, 0.05) is 19.0 Å². The largest absolute Gasteiger partial charge is 0.611 e. The normalized spacial score (nSPS) is 16.5. The van der Waals surface area contributed by atoms with Gasteiger partial charge in [-0.05, 0) is 29.4 Å². The van der Waals surface area contributed by atoms with Gasteiger partial charge >= 0.3 is 18.3 Å². The van der Waals surface area contributed by atoms with Crippen molar-refractivity contribution in [1.29, 1.82) is 0 Å². The zero-order chi connectivity index (χ0) is 19.4. The van der Waals surface area contributed by atoms with Crippen molar-refractivity contribution in [2.45, 2.75) is 17.2 Å². The molecule has 4 nitrogen and oxygen atoms in total. The van der Waals surface area contributed by atoms with E-state index in [4.69, 9.17) is 21.5 Å². The second kappa shape index (κ2) is 8.47. The number of hydrogen-bond acceptors (Lipinski definition) is 3. The second-order valence-corrected chi connectivity index (χ2v) is 6.85. The standard InChI is InChI=1S/C11H11ClF3NOS.C2HF3O2/c12-9-3-8(11(13,14)15)1-2-10(9)18(17)6-7-4-16-5-7;3-2(4,5)1(6)7/h1-3,7,16H,4-6H2;(H,6,7). The Balaban J connectivity index is 0.000000381. The molecular formula is C13H12ClF6NO3S. The van der Waals surface area contributed by atoms with Crippen molar-refractivity contribution in [2.75, 3.05) is 18.8 Å². The minimum absolute atomic E-state index is 0.0876. The maximum Gasteiger partial charge on any atom is 0.490 e. The van der Waals surface area contributed by atoms with Gasteiger partial charge in [0.1, 0.15) is 5.75 Å². The SMILES string of the molecule is O=C(O)C(F)(F)F.[O-][S+](CC1CNC1)c1ccc(C(F)(F)F)cc1Cl. The zero-order valence-corrected chi connectivity index (χ0v) is 13.8. The van der Waals surface area contributed by atoms with Crippen LogP contribution < -0.4 is 5.32 Å². The van der Waals surface area contributed by atoms with Gasteiger partial charge in [0.05, 0.1) is 10.6 Å². The summed E-state index contributed by atoms with van der Waals surface area (Å²) in [7, 11) is 0. The number of carboxylic acids is 1. The van der Waals surface area contributed by atoms with E-state index in [0.29, 0.717) is 11.7 Å². The van der Waals surface area contributed by atoms with Crippen LogP contribution in [-0.2, 0) is 22.1 Å². The molecule has 1 saturated heterocycles. The van der Waals surface area contributed by atoms with E-state index in [-0.39, 0.29) is 9.92 Å². The summed E-state index contributed by atoms with van der Waals surface area (Å²) in [5.41, 5.74) is -0.821. The van der Waals surface area contributed by atoms with E-state index < -0.39 is 35.1 Å². The molecule has 0 spiro atoms. The van der Waals surface area contributed by atoms with E-state index >= 15 is 0 Å². The number of benzene rings is 1. The van der Waals surface area contributed by atoms with Crippen LogP contribution in [0, 0.1) is 5.92 Å². The fraction of sp³-hybridized carbons (Fsp3) is 0.462. The van der Waals surface area contributed by atoms with Crippen LogP contribution >= 0.6 is 11.6 Å². The van der Waals surface area contributed by atoms with E-state index in [1.165, 1.54) is 6.07 Å². The van der Waals surface area contributed by atoms with Gasteiger partial charge in [0.15, 0.2) is 4.90 Å². The van der Waals surface area contributed by atoms with Gasteiger partial charge in [-0.2, -0.15) is 26.3 Å². The molecule has 1 aromatic carbocycles. The third-order valence-corrected chi connectivity index (χ3v) is 5.05. The number of hydrogen-bond donors (Lipinski definition) is 2. The Morgan fingerprint density at radius 3 is 2.12 bits per heavy atom. The Hall–Kier alpha value is -1.17. The fourth-order valence-corrected chi connectivity index (χ4v) is 3.41. The third-order valence-electron chi connectivity index (χ3n) is 3.00. The predicted octanol–water partition coefficient (Wildman–Crippen LogP) is 3.32. The highest BCUT2D eigenvalue weighted by Crippen LogP contribution is 2.34. The Morgan fingerprint density at radius 2 is 1.80 bits per heavy atom. The van der Waals surface area contributed by atoms with Gasteiger partial charge in [0.25, 0.3) is 0 Å². The molecule has 142 valence electrons. The minimum atomic E-state index is -5.08. The Bertz CT molecular complexity index is 606. The lowest BCUT2D eigenvalue weighted by atomic mass is 10.1. The molecule has 0 aromatic heterocycles. The highest BCUT2D eigenvalue weighted by molar-refractivity contribution is 7.91. The van der Waals surface area contributed by atoms with Gasteiger partial charge in [-0.1, -0.05) is 11.6 Å². The molecule has 0 aliphatic carbocycles. The molecule has 0 bridgehead atoms. The van der Waals surface area contributed by atoms with Crippen LogP contribution in [0.1, 0.15) is 5.56 Å². The van der Waals surface area contributed by atoms with Crippen LogP contribution in [0.15, 0.2) is 23.1 Å². The van der Waals surface area contributed by atoms with Crippen molar-refractivity contribution in [2.24, 2.45) is 5.92 Å². The van der Waals surface area contributed by atoms with Crippen molar-refractivity contribution < 1.29 is 40.8 Å². The highest BCUT2D eigenvalue weighted by Gasteiger charge is 2.38. The summed E-state index contributed by atoms with van der Waals surface area (Å²) >= 11 is 4.42. The Kier molecular flexibility index (Phi) is 7.41. The molecule has 1 fully saturated rings. The molecule has 2 rings (SSSR count). The van der Waals surface area contributed by atoms with E-state index in [0.717, 1.165) is 25.2 Å². The first-order chi connectivity index (χ1) is 11.3. The molecule has 1 aromatic rings. The zero-order valence-electron chi connectivity index (χ0n) is 12.2. The lowest BCUT2D eigenvalue weighted by Gasteiger charge is -2.27. The van der Waals surface area contributed by atoms with Crippen LogP contribution in [0.2, 0.25) is 5.02 Å². The molecule has 0 radical (unpaired) electrons. The molecule has 0 saturated carbocycles. The third kappa shape index (κ3) is 6.92. The predicted molar refractivity (Wildman–Crippen MR) is 77.8 cm³/mol. The van der Waals surface area contributed by atoms with Gasteiger partial charge in [-0.3, -0.25) is 0 Å². The molecule has 1 unspecified atom stereocenters. The second-order valence-electron chi connectivity index (χ2n) is 4.98. The number of carboxylic acid groups (broad SMARTS) is 1. The van der Waals surface area contributed by atoms with Gasteiger partial charge in [-0.25, -0.2) is 4.79 Å². The summed E-state index contributed by atoms with van der Waals surface area (Å²) in [6.07, 6.45) is -9.51. The molecular weight excluding hydrogens is 400 g/mol. The van der Waals surface area contributed by atoms with E-state index in [1.54, 1.807) is 0 Å². The van der Waals surface area contributed by atoms with Crippen LogP contribution in [0.5, 0.6) is 0 Å². The molecule has 12 heteroatoms. The number of carbonyl (C=O) groups is 1. The van der Waals surface area contributed by atoms with E-state index in [2.05, 4.69) is 5.32 Å². The summed E-state index contributed by atoms with van der Waals surface area (Å²) in [4.78, 5) is 9.17. The van der Waals surface area contributed by atoms with Crippen molar-refractivity contribution in [3.63, 3.8) is 0 Å². The molecule has 1 aliphatic rings. The van der Waals surface area contributed by atoms with Crippen molar-refractivity contribution in [3.05, 3.63) is 28.8 Å². The number of rotatable bonds is 3. The monoisotopic (exact) mass is 411 g/mol. The maximum atomic E-state index is 12.4. The number of nitrogens with one attached hydrogen (secondary N) is 1. The summed E-state index contributed by atoms with van der Waals surface area (Å²) in [6.45, 7) is 1.59. The first-order valence-electron chi connectivity index (χ1n) is 6.58. The van der Waals surface area contributed by atoms with Crippen LogP contribution in [0.4, 0.5) is 26.3 Å². The average Bonchev–Trinajstić information content (AvgIpc) is 2.41. The molecule has 1 aliphatic heterocycles. The quantitative estimate of drug-likeness (QED) is 0.591. The molecule has 1 heterocycles. The van der Waals surface area contributed by atoms with Crippen molar-refractivity contribution in [3.8, 4) is 0 Å². The smallest absolute Gasteiger partial charge is 0.490 e.